The van der Waals surface area contributed by atoms with E-state index in [4.69, 9.17) is 11.6 Å². The van der Waals surface area contributed by atoms with Crippen molar-refractivity contribution < 1.29 is 0 Å². The Morgan fingerprint density at radius 1 is 1.10 bits per heavy atom. The lowest BCUT2D eigenvalue weighted by Gasteiger charge is -2.23. The van der Waals surface area contributed by atoms with Crippen LogP contribution in [-0.4, -0.2) is 13.1 Å². The zero-order valence-corrected chi connectivity index (χ0v) is 12.4. The third-order valence-corrected chi connectivity index (χ3v) is 4.10. The van der Waals surface area contributed by atoms with Crippen molar-refractivity contribution >= 4 is 23.0 Å². The van der Waals surface area contributed by atoms with Crippen molar-refractivity contribution in [2.24, 2.45) is 0 Å². The molecule has 1 aliphatic carbocycles. The van der Waals surface area contributed by atoms with Gasteiger partial charge in [0.2, 0.25) is 0 Å². The van der Waals surface area contributed by atoms with E-state index in [9.17, 15) is 0 Å². The van der Waals surface area contributed by atoms with Crippen LogP contribution in [0.25, 0.3) is 0 Å². The lowest BCUT2D eigenvalue weighted by Crippen LogP contribution is -2.19. The van der Waals surface area contributed by atoms with Crippen LogP contribution < -0.4 is 10.2 Å². The fourth-order valence-electron chi connectivity index (χ4n) is 2.36. The van der Waals surface area contributed by atoms with Gasteiger partial charge in [0.25, 0.3) is 0 Å². The van der Waals surface area contributed by atoms with Gasteiger partial charge in [-0.2, -0.15) is 0 Å². The molecule has 2 nitrogen and oxygen atoms in total. The minimum Gasteiger partial charge on any atom is -0.344 e. The monoisotopic (exact) mass is 286 g/mol. The summed E-state index contributed by atoms with van der Waals surface area (Å²) in [6, 6.07) is 17.1. The van der Waals surface area contributed by atoms with E-state index in [0.29, 0.717) is 6.04 Å². The third kappa shape index (κ3) is 2.97. The maximum atomic E-state index is 6.40. The van der Waals surface area contributed by atoms with Crippen LogP contribution in [0, 0.1) is 0 Å². The summed E-state index contributed by atoms with van der Waals surface area (Å²) >= 11 is 6.40. The summed E-state index contributed by atoms with van der Waals surface area (Å²) in [4.78, 5) is 2.19. The molecule has 3 rings (SSSR count). The molecule has 1 fully saturated rings. The Bertz CT molecular complexity index is 579. The minimum absolute atomic E-state index is 0.682. The zero-order chi connectivity index (χ0) is 13.9. The lowest BCUT2D eigenvalue weighted by molar-refractivity contribution is 0.688. The van der Waals surface area contributed by atoms with Gasteiger partial charge in [0, 0.05) is 41.6 Å². The number of hydrogen-bond acceptors (Lipinski definition) is 2. The Labute approximate surface area is 125 Å². The van der Waals surface area contributed by atoms with Crippen molar-refractivity contribution in [2.75, 3.05) is 11.9 Å². The van der Waals surface area contributed by atoms with E-state index >= 15 is 0 Å². The van der Waals surface area contributed by atoms with Gasteiger partial charge >= 0.3 is 0 Å². The van der Waals surface area contributed by atoms with Crippen LogP contribution in [0.5, 0.6) is 0 Å². The summed E-state index contributed by atoms with van der Waals surface area (Å²) in [6.45, 7) is 0.830. The predicted octanol–water partition coefficient (Wildman–Crippen LogP) is 4.36. The van der Waals surface area contributed by atoms with Crippen molar-refractivity contribution in [3.63, 3.8) is 0 Å². The highest BCUT2D eigenvalue weighted by Crippen LogP contribution is 2.32. The molecule has 0 bridgehead atoms. The van der Waals surface area contributed by atoms with E-state index in [1.54, 1.807) is 0 Å². The van der Waals surface area contributed by atoms with Gasteiger partial charge in [-0.15, -0.1) is 0 Å². The van der Waals surface area contributed by atoms with E-state index < -0.39 is 0 Å². The fraction of sp³-hybridized carbons (Fsp3) is 0.294. The van der Waals surface area contributed by atoms with Crippen LogP contribution in [0.2, 0.25) is 5.02 Å². The smallest absolute Gasteiger partial charge is 0.0471 e. The van der Waals surface area contributed by atoms with Crippen molar-refractivity contribution in [3.8, 4) is 0 Å². The van der Waals surface area contributed by atoms with E-state index in [0.717, 1.165) is 17.3 Å². The lowest BCUT2D eigenvalue weighted by atomic mass is 10.1. The van der Waals surface area contributed by atoms with Gasteiger partial charge in [0.05, 0.1) is 0 Å². The second-order valence-electron chi connectivity index (χ2n) is 5.29. The number of rotatable bonds is 5. The Hall–Kier alpha value is -1.51. The first kappa shape index (κ1) is 13.5. The molecule has 104 valence electrons. The van der Waals surface area contributed by atoms with Gasteiger partial charge in [0.1, 0.15) is 0 Å². The largest absolute Gasteiger partial charge is 0.344 e. The van der Waals surface area contributed by atoms with Gasteiger partial charge in [-0.1, -0.05) is 35.9 Å². The Kier molecular flexibility index (Phi) is 3.95. The first-order chi connectivity index (χ1) is 9.75. The Morgan fingerprint density at radius 3 is 2.55 bits per heavy atom. The average Bonchev–Trinajstić information content (AvgIpc) is 3.30. The molecule has 3 heteroatoms. The normalized spacial score (nSPS) is 14.3. The number of para-hydroxylation sites is 1. The Morgan fingerprint density at radius 2 is 1.85 bits per heavy atom. The van der Waals surface area contributed by atoms with E-state index in [1.807, 2.05) is 18.2 Å². The quantitative estimate of drug-likeness (QED) is 0.878. The average molecular weight is 287 g/mol. The number of anilines is 2. The first-order valence-electron chi connectivity index (χ1n) is 7.05. The maximum absolute atomic E-state index is 6.40. The summed E-state index contributed by atoms with van der Waals surface area (Å²) in [6.07, 6.45) is 2.57. The Balaban J connectivity index is 1.89. The molecule has 0 heterocycles. The van der Waals surface area contributed by atoms with Gasteiger partial charge < -0.3 is 10.2 Å². The molecule has 1 aliphatic rings. The van der Waals surface area contributed by atoms with E-state index in [1.165, 1.54) is 24.1 Å². The van der Waals surface area contributed by atoms with Gasteiger partial charge in [-0.3, -0.25) is 0 Å². The minimum atomic E-state index is 0.682. The molecule has 0 radical (unpaired) electrons. The van der Waals surface area contributed by atoms with Crippen LogP contribution in [0.1, 0.15) is 18.4 Å². The molecule has 20 heavy (non-hydrogen) atoms. The maximum Gasteiger partial charge on any atom is 0.0471 e. The summed E-state index contributed by atoms with van der Waals surface area (Å²) < 4.78 is 0. The van der Waals surface area contributed by atoms with Crippen LogP contribution in [0.3, 0.4) is 0 Å². The molecule has 0 saturated heterocycles. The van der Waals surface area contributed by atoms with Gasteiger partial charge in [0.15, 0.2) is 0 Å². The number of nitrogens with zero attached hydrogens (tertiary/aromatic N) is 1. The fourth-order valence-corrected chi connectivity index (χ4v) is 2.60. The SMILES string of the molecule is CN(c1ccccc1)c1cccc(Cl)c1CNC1CC1. The van der Waals surface area contributed by atoms with Crippen LogP contribution >= 0.6 is 11.6 Å². The van der Waals surface area contributed by atoms with E-state index in [2.05, 4.69) is 47.6 Å². The van der Waals surface area contributed by atoms with Crippen molar-refractivity contribution in [3.05, 3.63) is 59.1 Å². The van der Waals surface area contributed by atoms with Gasteiger partial charge in [-0.25, -0.2) is 0 Å². The highest BCUT2D eigenvalue weighted by atomic mass is 35.5. The number of benzene rings is 2. The van der Waals surface area contributed by atoms with Crippen LogP contribution in [0.4, 0.5) is 11.4 Å². The second kappa shape index (κ2) is 5.86. The molecular weight excluding hydrogens is 268 g/mol. The molecule has 0 amide bonds. The number of nitrogens with one attached hydrogen (secondary N) is 1. The highest BCUT2D eigenvalue weighted by Gasteiger charge is 2.21. The molecule has 1 N–H and O–H groups in total. The van der Waals surface area contributed by atoms with Crippen molar-refractivity contribution in [1.82, 2.24) is 5.32 Å². The summed E-state index contributed by atoms with van der Waals surface area (Å²) in [5.41, 5.74) is 3.51. The molecule has 2 aromatic rings. The van der Waals surface area contributed by atoms with Gasteiger partial charge in [-0.05, 0) is 37.1 Å². The predicted molar refractivity (Wildman–Crippen MR) is 85.8 cm³/mol. The van der Waals surface area contributed by atoms with Crippen LogP contribution in [0.15, 0.2) is 48.5 Å². The topological polar surface area (TPSA) is 15.3 Å². The molecule has 0 aliphatic heterocycles. The van der Waals surface area contributed by atoms with E-state index in [-0.39, 0.29) is 0 Å². The molecular formula is C17H19ClN2. The number of hydrogen-bond donors (Lipinski definition) is 1. The molecule has 2 aromatic carbocycles. The molecule has 1 saturated carbocycles. The molecule has 0 spiro atoms. The third-order valence-electron chi connectivity index (χ3n) is 3.74. The molecule has 0 atom stereocenters. The van der Waals surface area contributed by atoms with Crippen molar-refractivity contribution in [1.29, 1.82) is 0 Å². The second-order valence-corrected chi connectivity index (χ2v) is 5.69. The standard InChI is InChI=1S/C17H19ClN2/c1-20(14-6-3-2-4-7-14)17-9-5-8-16(18)15(17)12-19-13-10-11-13/h2-9,13,19H,10-12H2,1H3. The number of halogens is 1. The summed E-state index contributed by atoms with van der Waals surface area (Å²) in [7, 11) is 2.08. The zero-order valence-electron chi connectivity index (χ0n) is 11.6. The molecule has 0 aromatic heterocycles. The van der Waals surface area contributed by atoms with Crippen LogP contribution in [-0.2, 0) is 6.54 Å². The molecule has 0 unspecified atom stereocenters. The highest BCUT2D eigenvalue weighted by molar-refractivity contribution is 6.31. The first-order valence-corrected chi connectivity index (χ1v) is 7.43. The van der Waals surface area contributed by atoms with Crippen molar-refractivity contribution in [2.45, 2.75) is 25.4 Å². The summed E-state index contributed by atoms with van der Waals surface area (Å²) in [5.74, 6) is 0. The summed E-state index contributed by atoms with van der Waals surface area (Å²) in [5, 5.41) is 4.38.